The summed E-state index contributed by atoms with van der Waals surface area (Å²) in [5, 5.41) is 3.44. The van der Waals surface area contributed by atoms with Crippen LogP contribution in [-0.2, 0) is 9.53 Å². The van der Waals surface area contributed by atoms with E-state index in [1.807, 2.05) is 13.8 Å². The number of nitrogens with one attached hydrogen (secondary N) is 1. The van der Waals surface area contributed by atoms with Gasteiger partial charge >= 0.3 is 5.97 Å². The highest BCUT2D eigenvalue weighted by atomic mass is 35.5. The average Bonchev–Trinajstić information content (AvgIpc) is 2.60. The molecule has 0 radical (unpaired) electrons. The number of benzene rings is 2. The summed E-state index contributed by atoms with van der Waals surface area (Å²) in [6.45, 7) is 7.40. The summed E-state index contributed by atoms with van der Waals surface area (Å²) in [6, 6.07) is 10.2. The normalized spacial score (nSPS) is 11.6. The molecule has 5 nitrogen and oxygen atoms in total. The monoisotopic (exact) mass is 375 g/mol. The Kier molecular flexibility index (Phi) is 6.64. The second-order valence-corrected chi connectivity index (χ2v) is 6.32. The van der Waals surface area contributed by atoms with Crippen LogP contribution in [0.15, 0.2) is 36.4 Å². The Labute approximate surface area is 158 Å². The number of rotatable bonds is 6. The molecule has 138 valence electrons. The number of carbonyl (C=O) groups excluding carboxylic acids is 2. The number of amides is 1. The molecule has 0 saturated carbocycles. The summed E-state index contributed by atoms with van der Waals surface area (Å²) >= 11 is 5.99. The van der Waals surface area contributed by atoms with Crippen molar-refractivity contribution in [1.82, 2.24) is 0 Å². The Morgan fingerprint density at radius 3 is 2.50 bits per heavy atom. The highest BCUT2D eigenvalue weighted by Crippen LogP contribution is 2.23. The molecule has 2 rings (SSSR count). The van der Waals surface area contributed by atoms with Gasteiger partial charge in [0.2, 0.25) is 0 Å². The van der Waals surface area contributed by atoms with Crippen LogP contribution in [0.1, 0.15) is 35.3 Å². The molecule has 1 atom stereocenters. The highest BCUT2D eigenvalue weighted by Gasteiger charge is 2.17. The topological polar surface area (TPSA) is 64.6 Å². The molecule has 0 spiro atoms. The summed E-state index contributed by atoms with van der Waals surface area (Å²) in [4.78, 5) is 24.3. The maximum atomic E-state index is 12.4. The molecule has 0 saturated heterocycles. The molecular formula is C20H22ClNO4. The van der Waals surface area contributed by atoms with Crippen LogP contribution in [0.2, 0.25) is 5.02 Å². The first-order valence-corrected chi connectivity index (χ1v) is 8.71. The first-order chi connectivity index (χ1) is 12.3. The largest absolute Gasteiger partial charge is 0.481 e. The van der Waals surface area contributed by atoms with Crippen molar-refractivity contribution in [3.05, 3.63) is 58.1 Å². The van der Waals surface area contributed by atoms with Gasteiger partial charge in [-0.3, -0.25) is 4.79 Å². The minimum atomic E-state index is -0.721. The summed E-state index contributed by atoms with van der Waals surface area (Å²) in [6.07, 6.45) is -0.721. The highest BCUT2D eigenvalue weighted by molar-refractivity contribution is 6.31. The van der Waals surface area contributed by atoms with E-state index in [1.54, 1.807) is 50.2 Å². The van der Waals surface area contributed by atoms with E-state index in [0.717, 1.165) is 11.1 Å². The van der Waals surface area contributed by atoms with Gasteiger partial charge in [0.25, 0.3) is 5.91 Å². The minimum absolute atomic E-state index is 0.291. The number of anilines is 1. The van der Waals surface area contributed by atoms with E-state index in [1.165, 1.54) is 0 Å². The Bertz CT molecular complexity index is 819. The van der Waals surface area contributed by atoms with Gasteiger partial charge in [-0.2, -0.15) is 0 Å². The second kappa shape index (κ2) is 8.72. The third kappa shape index (κ3) is 4.99. The van der Waals surface area contributed by atoms with Gasteiger partial charge in [0.15, 0.2) is 6.10 Å². The summed E-state index contributed by atoms with van der Waals surface area (Å²) in [7, 11) is 0. The fourth-order valence-corrected chi connectivity index (χ4v) is 2.40. The van der Waals surface area contributed by atoms with Gasteiger partial charge in [0, 0.05) is 10.7 Å². The molecule has 0 aliphatic heterocycles. The fraction of sp³-hybridized carbons (Fsp3) is 0.300. The molecule has 0 fully saturated rings. The number of carbonyl (C=O) groups is 2. The third-order valence-corrected chi connectivity index (χ3v) is 4.24. The van der Waals surface area contributed by atoms with Crippen molar-refractivity contribution in [2.24, 2.45) is 0 Å². The van der Waals surface area contributed by atoms with Crippen molar-refractivity contribution in [2.75, 3.05) is 11.9 Å². The first-order valence-electron chi connectivity index (χ1n) is 8.33. The van der Waals surface area contributed by atoms with E-state index in [9.17, 15) is 9.59 Å². The number of hydrogen-bond donors (Lipinski definition) is 1. The van der Waals surface area contributed by atoms with Crippen LogP contribution >= 0.6 is 11.6 Å². The van der Waals surface area contributed by atoms with Crippen LogP contribution in [0.5, 0.6) is 5.75 Å². The SMILES string of the molecule is CCOC(=O)c1ccc(C)c(NC(=O)[C@H](C)Oc2ccc(Cl)c(C)c2)c1. The molecule has 2 aromatic carbocycles. The number of esters is 1. The maximum absolute atomic E-state index is 12.4. The van der Waals surface area contributed by atoms with Gasteiger partial charge < -0.3 is 14.8 Å². The van der Waals surface area contributed by atoms with Crippen molar-refractivity contribution < 1.29 is 19.1 Å². The van der Waals surface area contributed by atoms with Crippen LogP contribution in [0, 0.1) is 13.8 Å². The molecule has 0 aliphatic carbocycles. The smallest absolute Gasteiger partial charge is 0.338 e. The van der Waals surface area contributed by atoms with Crippen molar-refractivity contribution in [3.63, 3.8) is 0 Å². The zero-order valence-electron chi connectivity index (χ0n) is 15.3. The summed E-state index contributed by atoms with van der Waals surface area (Å²) < 4.78 is 10.7. The predicted molar refractivity (Wildman–Crippen MR) is 102 cm³/mol. The molecule has 1 amide bonds. The first kappa shape index (κ1) is 19.8. The molecule has 6 heteroatoms. The number of aryl methyl sites for hydroxylation is 2. The lowest BCUT2D eigenvalue weighted by Crippen LogP contribution is -2.30. The van der Waals surface area contributed by atoms with Crippen molar-refractivity contribution in [3.8, 4) is 5.75 Å². The standard InChI is InChI=1S/C20H22ClNO4/c1-5-25-20(24)15-7-6-12(2)18(11-15)22-19(23)14(4)26-16-8-9-17(21)13(3)10-16/h6-11,14H,5H2,1-4H3,(H,22,23)/t14-/m0/s1. The van der Waals surface area contributed by atoms with E-state index in [0.29, 0.717) is 28.6 Å². The molecule has 26 heavy (non-hydrogen) atoms. The van der Waals surface area contributed by atoms with Crippen molar-refractivity contribution in [2.45, 2.75) is 33.8 Å². The van der Waals surface area contributed by atoms with E-state index in [-0.39, 0.29) is 5.91 Å². The second-order valence-electron chi connectivity index (χ2n) is 5.91. The molecule has 0 aliphatic rings. The van der Waals surface area contributed by atoms with Crippen LogP contribution in [-0.4, -0.2) is 24.6 Å². The van der Waals surface area contributed by atoms with Crippen LogP contribution in [0.3, 0.4) is 0 Å². The van der Waals surface area contributed by atoms with Gasteiger partial charge in [-0.25, -0.2) is 4.79 Å². The van der Waals surface area contributed by atoms with E-state index >= 15 is 0 Å². The number of halogens is 1. The zero-order chi connectivity index (χ0) is 19.3. The molecule has 1 N–H and O–H groups in total. The lowest BCUT2D eigenvalue weighted by Gasteiger charge is -2.17. The quantitative estimate of drug-likeness (QED) is 0.753. The Morgan fingerprint density at radius 2 is 1.85 bits per heavy atom. The molecule has 0 aromatic heterocycles. The van der Waals surface area contributed by atoms with E-state index in [4.69, 9.17) is 21.1 Å². The summed E-state index contributed by atoms with van der Waals surface area (Å²) in [5.41, 5.74) is 2.63. The van der Waals surface area contributed by atoms with Crippen LogP contribution in [0.25, 0.3) is 0 Å². The van der Waals surface area contributed by atoms with Crippen LogP contribution < -0.4 is 10.1 Å². The number of ether oxygens (including phenoxy) is 2. The molecular weight excluding hydrogens is 354 g/mol. The van der Waals surface area contributed by atoms with E-state index in [2.05, 4.69) is 5.32 Å². The predicted octanol–water partition coefficient (Wildman–Crippen LogP) is 4.54. The fourth-order valence-electron chi connectivity index (χ4n) is 2.28. The Morgan fingerprint density at radius 1 is 1.12 bits per heavy atom. The molecule has 0 bridgehead atoms. The van der Waals surface area contributed by atoms with Crippen LogP contribution in [0.4, 0.5) is 5.69 Å². The average molecular weight is 376 g/mol. The molecule has 2 aromatic rings. The van der Waals surface area contributed by atoms with Gasteiger partial charge in [-0.05, 0) is 69.2 Å². The lowest BCUT2D eigenvalue weighted by molar-refractivity contribution is -0.122. The molecule has 0 heterocycles. The van der Waals surface area contributed by atoms with Crippen molar-refractivity contribution in [1.29, 1.82) is 0 Å². The Hall–Kier alpha value is -2.53. The Balaban J connectivity index is 2.09. The maximum Gasteiger partial charge on any atom is 0.338 e. The van der Waals surface area contributed by atoms with Gasteiger partial charge in [-0.1, -0.05) is 17.7 Å². The lowest BCUT2D eigenvalue weighted by atomic mass is 10.1. The van der Waals surface area contributed by atoms with Gasteiger partial charge in [-0.15, -0.1) is 0 Å². The third-order valence-electron chi connectivity index (χ3n) is 3.82. The number of hydrogen-bond acceptors (Lipinski definition) is 4. The minimum Gasteiger partial charge on any atom is -0.481 e. The zero-order valence-corrected chi connectivity index (χ0v) is 16.0. The summed E-state index contributed by atoms with van der Waals surface area (Å²) in [5.74, 6) is -0.183. The van der Waals surface area contributed by atoms with E-state index < -0.39 is 12.1 Å². The van der Waals surface area contributed by atoms with Gasteiger partial charge in [0.1, 0.15) is 5.75 Å². The van der Waals surface area contributed by atoms with Crippen molar-refractivity contribution >= 4 is 29.2 Å². The molecule has 0 unspecified atom stereocenters. The van der Waals surface area contributed by atoms with Gasteiger partial charge in [0.05, 0.1) is 12.2 Å².